The van der Waals surface area contributed by atoms with Gasteiger partial charge in [0.15, 0.2) is 5.78 Å². The second-order valence-corrected chi connectivity index (χ2v) is 8.30. The molecule has 0 aromatic heterocycles. The summed E-state index contributed by atoms with van der Waals surface area (Å²) in [4.78, 5) is 15.8. The van der Waals surface area contributed by atoms with Crippen molar-refractivity contribution in [3.8, 4) is 11.5 Å². The average Bonchev–Trinajstić information content (AvgIpc) is 2.85. The van der Waals surface area contributed by atoms with Gasteiger partial charge in [-0.25, -0.2) is 0 Å². The van der Waals surface area contributed by atoms with Gasteiger partial charge in [0.25, 0.3) is 0 Å². The van der Waals surface area contributed by atoms with E-state index in [-0.39, 0.29) is 5.78 Å². The summed E-state index contributed by atoms with van der Waals surface area (Å²) in [6, 6.07) is 26.2. The van der Waals surface area contributed by atoms with Crippen LogP contribution in [0.1, 0.15) is 30.5 Å². The Morgan fingerprint density at radius 1 is 0.706 bits per heavy atom. The van der Waals surface area contributed by atoms with Gasteiger partial charge in [-0.05, 0) is 67.0 Å². The van der Waals surface area contributed by atoms with Crippen LogP contribution >= 0.6 is 0 Å². The summed E-state index contributed by atoms with van der Waals surface area (Å²) < 4.78 is 11.1. The number of piperidine rings is 1. The zero-order valence-electron chi connectivity index (χ0n) is 19.9. The minimum atomic E-state index is 0.104. The monoisotopic (exact) mass is 453 g/mol. The zero-order chi connectivity index (χ0) is 23.8. The maximum Gasteiger partial charge on any atom is 0.187 e. The molecule has 0 aliphatic carbocycles. The summed E-state index contributed by atoms with van der Waals surface area (Å²) in [5.74, 6) is 1.77. The van der Waals surface area contributed by atoms with Gasteiger partial charge in [-0.15, -0.1) is 0 Å². The van der Waals surface area contributed by atoms with E-state index < -0.39 is 0 Å². The van der Waals surface area contributed by atoms with E-state index in [0.29, 0.717) is 26.3 Å². The fraction of sp³-hybridized carbons (Fsp3) is 0.233. The van der Waals surface area contributed by atoms with Crippen LogP contribution < -0.4 is 9.47 Å². The first-order chi connectivity index (χ1) is 16.6. The molecule has 3 aromatic carbocycles. The number of rotatable bonds is 8. The minimum absolute atomic E-state index is 0.104. The van der Waals surface area contributed by atoms with E-state index in [4.69, 9.17) is 9.47 Å². The van der Waals surface area contributed by atoms with E-state index in [9.17, 15) is 4.79 Å². The van der Waals surface area contributed by atoms with Crippen molar-refractivity contribution in [3.63, 3.8) is 0 Å². The summed E-state index contributed by atoms with van der Waals surface area (Å²) in [5, 5.41) is 0. The number of ketones is 1. The van der Waals surface area contributed by atoms with Gasteiger partial charge in [-0.3, -0.25) is 9.69 Å². The summed E-state index contributed by atoms with van der Waals surface area (Å²) in [6.07, 6.45) is 4.00. The van der Waals surface area contributed by atoms with Crippen LogP contribution in [0.5, 0.6) is 11.5 Å². The molecule has 1 saturated heterocycles. The number of Topliss-reactive ketones (excluding diaryl/α,β-unsaturated/α-hetero) is 1. The van der Waals surface area contributed by atoms with Crippen LogP contribution in [0.25, 0.3) is 12.2 Å². The Hall–Kier alpha value is -3.63. The number of ether oxygens (including phenoxy) is 2. The Bertz CT molecular complexity index is 1070. The molecule has 0 unspecified atom stereocenters. The van der Waals surface area contributed by atoms with Crippen molar-refractivity contribution in [1.29, 1.82) is 0 Å². The number of carbonyl (C=O) groups excluding carboxylic acids is 1. The molecular formula is C30H31NO3. The van der Waals surface area contributed by atoms with Crippen molar-refractivity contribution in [2.24, 2.45) is 0 Å². The maximum atomic E-state index is 13.5. The van der Waals surface area contributed by atoms with E-state index in [1.54, 1.807) is 0 Å². The van der Waals surface area contributed by atoms with Gasteiger partial charge in [-0.2, -0.15) is 0 Å². The molecule has 1 aliphatic heterocycles. The number of hydrogen-bond donors (Lipinski definition) is 0. The molecule has 0 radical (unpaired) electrons. The molecule has 34 heavy (non-hydrogen) atoms. The SMILES string of the molecule is CCOc1ccc(C=C2CN(Cc3ccccc3)CC(=Cc3ccc(OCC)cc3)C2=O)cc1. The van der Waals surface area contributed by atoms with Crippen molar-refractivity contribution in [1.82, 2.24) is 4.90 Å². The highest BCUT2D eigenvalue weighted by atomic mass is 16.5. The van der Waals surface area contributed by atoms with Crippen LogP contribution in [0.15, 0.2) is 90.0 Å². The fourth-order valence-corrected chi connectivity index (χ4v) is 4.12. The van der Waals surface area contributed by atoms with Crippen LogP contribution in [0.2, 0.25) is 0 Å². The van der Waals surface area contributed by atoms with Crippen LogP contribution in [-0.2, 0) is 11.3 Å². The van der Waals surface area contributed by atoms with E-state index in [1.165, 1.54) is 5.56 Å². The van der Waals surface area contributed by atoms with Crippen molar-refractivity contribution < 1.29 is 14.3 Å². The van der Waals surface area contributed by atoms with Crippen LogP contribution in [0.3, 0.4) is 0 Å². The number of carbonyl (C=O) groups is 1. The molecule has 1 heterocycles. The number of likely N-dealkylation sites (tertiary alicyclic amines) is 1. The van der Waals surface area contributed by atoms with E-state index in [0.717, 1.165) is 40.3 Å². The highest BCUT2D eigenvalue weighted by molar-refractivity contribution is 6.14. The predicted octanol–water partition coefficient (Wildman–Crippen LogP) is 6.04. The molecule has 0 bridgehead atoms. The lowest BCUT2D eigenvalue weighted by Gasteiger charge is -2.30. The van der Waals surface area contributed by atoms with Crippen LogP contribution in [0, 0.1) is 0 Å². The van der Waals surface area contributed by atoms with Crippen LogP contribution in [-0.4, -0.2) is 37.0 Å². The molecule has 1 fully saturated rings. The molecule has 1 aliphatic rings. The van der Waals surface area contributed by atoms with E-state index >= 15 is 0 Å². The quantitative estimate of drug-likeness (QED) is 0.390. The lowest BCUT2D eigenvalue weighted by Crippen LogP contribution is -2.37. The highest BCUT2D eigenvalue weighted by Gasteiger charge is 2.26. The van der Waals surface area contributed by atoms with Gasteiger partial charge >= 0.3 is 0 Å². The largest absolute Gasteiger partial charge is 0.494 e. The van der Waals surface area contributed by atoms with Gasteiger partial charge in [0, 0.05) is 30.8 Å². The van der Waals surface area contributed by atoms with Gasteiger partial charge in [0.2, 0.25) is 0 Å². The summed E-state index contributed by atoms with van der Waals surface area (Å²) in [7, 11) is 0. The topological polar surface area (TPSA) is 38.8 Å². The molecule has 4 heteroatoms. The Balaban J connectivity index is 1.62. The molecule has 0 amide bonds. The minimum Gasteiger partial charge on any atom is -0.494 e. The average molecular weight is 454 g/mol. The zero-order valence-corrected chi connectivity index (χ0v) is 19.9. The predicted molar refractivity (Wildman–Crippen MR) is 138 cm³/mol. The van der Waals surface area contributed by atoms with Crippen molar-refractivity contribution >= 4 is 17.9 Å². The first-order valence-corrected chi connectivity index (χ1v) is 11.8. The van der Waals surface area contributed by atoms with Gasteiger partial charge in [0.05, 0.1) is 13.2 Å². The molecule has 0 atom stereocenters. The molecule has 0 spiro atoms. The number of hydrogen-bond acceptors (Lipinski definition) is 4. The second-order valence-electron chi connectivity index (χ2n) is 8.30. The second kappa shape index (κ2) is 11.5. The Kier molecular flexibility index (Phi) is 7.95. The van der Waals surface area contributed by atoms with E-state index in [2.05, 4.69) is 29.2 Å². The summed E-state index contributed by atoms with van der Waals surface area (Å²) >= 11 is 0. The number of benzene rings is 3. The lowest BCUT2D eigenvalue weighted by atomic mass is 9.94. The Labute approximate surface area is 202 Å². The highest BCUT2D eigenvalue weighted by Crippen LogP contribution is 2.25. The fourth-order valence-electron chi connectivity index (χ4n) is 4.12. The first-order valence-electron chi connectivity index (χ1n) is 11.8. The van der Waals surface area contributed by atoms with Crippen molar-refractivity contribution in [2.75, 3.05) is 26.3 Å². The van der Waals surface area contributed by atoms with Crippen molar-refractivity contribution in [2.45, 2.75) is 20.4 Å². The Morgan fingerprint density at radius 2 is 1.18 bits per heavy atom. The van der Waals surface area contributed by atoms with Gasteiger partial charge in [-0.1, -0.05) is 54.6 Å². The summed E-state index contributed by atoms with van der Waals surface area (Å²) in [6.45, 7) is 7.21. The van der Waals surface area contributed by atoms with Gasteiger partial charge < -0.3 is 9.47 Å². The normalized spacial score (nSPS) is 16.7. The molecule has 3 aromatic rings. The molecule has 0 N–H and O–H groups in total. The first kappa shape index (κ1) is 23.5. The number of nitrogens with zero attached hydrogens (tertiary/aromatic N) is 1. The molecule has 4 rings (SSSR count). The van der Waals surface area contributed by atoms with Crippen molar-refractivity contribution in [3.05, 3.63) is 107 Å². The Morgan fingerprint density at radius 3 is 1.62 bits per heavy atom. The molecule has 4 nitrogen and oxygen atoms in total. The third kappa shape index (κ3) is 6.24. The third-order valence-electron chi connectivity index (χ3n) is 5.68. The third-order valence-corrected chi connectivity index (χ3v) is 5.68. The standard InChI is InChI=1S/C30H31NO3/c1-3-33-28-14-10-23(11-15-28)18-26-21-31(20-25-8-6-5-7-9-25)22-27(30(26)32)19-24-12-16-29(17-13-24)34-4-2/h5-19H,3-4,20-22H2,1-2H3. The van der Waals surface area contributed by atoms with Crippen LogP contribution in [0.4, 0.5) is 0 Å². The summed E-state index contributed by atoms with van der Waals surface area (Å²) in [5.41, 5.74) is 4.81. The van der Waals surface area contributed by atoms with Gasteiger partial charge in [0.1, 0.15) is 11.5 Å². The molecule has 0 saturated carbocycles. The van der Waals surface area contributed by atoms with E-state index in [1.807, 2.05) is 80.6 Å². The lowest BCUT2D eigenvalue weighted by molar-refractivity contribution is -0.113. The molecule has 174 valence electrons. The molecular weight excluding hydrogens is 422 g/mol. The smallest absolute Gasteiger partial charge is 0.187 e. The maximum absolute atomic E-state index is 13.5.